The van der Waals surface area contributed by atoms with Crippen molar-refractivity contribution in [1.82, 2.24) is 4.31 Å². The van der Waals surface area contributed by atoms with Gasteiger partial charge in [0.15, 0.2) is 0 Å². The molecule has 7 nitrogen and oxygen atoms in total. The van der Waals surface area contributed by atoms with Gasteiger partial charge in [-0.2, -0.15) is 4.31 Å². The number of methoxy groups -OCH3 is 1. The zero-order valence-electron chi connectivity index (χ0n) is 11.7. The summed E-state index contributed by atoms with van der Waals surface area (Å²) in [6.07, 6.45) is 0.337. The maximum Gasteiger partial charge on any atom is 0.252 e. The van der Waals surface area contributed by atoms with Gasteiger partial charge in [-0.15, -0.1) is 0 Å². The summed E-state index contributed by atoms with van der Waals surface area (Å²) >= 11 is 0. The fraction of sp³-hybridized carbons (Fsp3) is 0.462. The minimum atomic E-state index is -3.71. The molecule has 1 saturated heterocycles. The van der Waals surface area contributed by atoms with Crippen molar-refractivity contribution in [3.8, 4) is 5.75 Å². The van der Waals surface area contributed by atoms with Crippen LogP contribution >= 0.6 is 0 Å². The number of ether oxygens (including phenoxy) is 1. The van der Waals surface area contributed by atoms with Gasteiger partial charge in [0.25, 0.3) is 5.91 Å². The first-order valence-corrected chi connectivity index (χ1v) is 7.96. The minimum absolute atomic E-state index is 0.00603. The molecule has 0 radical (unpaired) electrons. The van der Waals surface area contributed by atoms with Gasteiger partial charge in [0.2, 0.25) is 10.0 Å². The van der Waals surface area contributed by atoms with Crippen LogP contribution in [0.4, 0.5) is 0 Å². The van der Waals surface area contributed by atoms with E-state index >= 15 is 0 Å². The SMILES string of the molecule is COc1ccc(S(=O)(=O)N2CCC(O)CC2)cc1C(N)=O. The molecule has 0 unspecified atom stereocenters. The van der Waals surface area contributed by atoms with E-state index in [1.54, 1.807) is 0 Å². The summed E-state index contributed by atoms with van der Waals surface area (Å²) in [7, 11) is -2.33. The Hall–Kier alpha value is -1.64. The lowest BCUT2D eigenvalue weighted by molar-refractivity contribution is 0.0997. The highest BCUT2D eigenvalue weighted by Crippen LogP contribution is 2.26. The van der Waals surface area contributed by atoms with Gasteiger partial charge in [-0.3, -0.25) is 4.79 Å². The van der Waals surface area contributed by atoms with Crippen LogP contribution < -0.4 is 10.5 Å². The Morgan fingerprint density at radius 3 is 2.52 bits per heavy atom. The lowest BCUT2D eigenvalue weighted by Crippen LogP contribution is -2.40. The first-order valence-electron chi connectivity index (χ1n) is 6.52. The Labute approximate surface area is 123 Å². The molecule has 0 saturated carbocycles. The molecule has 0 bridgehead atoms. The smallest absolute Gasteiger partial charge is 0.252 e. The highest BCUT2D eigenvalue weighted by atomic mass is 32.2. The minimum Gasteiger partial charge on any atom is -0.496 e. The summed E-state index contributed by atoms with van der Waals surface area (Å²) in [5, 5.41) is 9.45. The topological polar surface area (TPSA) is 110 Å². The van der Waals surface area contributed by atoms with Crippen LogP contribution in [-0.2, 0) is 10.0 Å². The Balaban J connectivity index is 2.36. The molecule has 2 rings (SSSR count). The zero-order chi connectivity index (χ0) is 15.6. The number of aliphatic hydroxyl groups is 1. The molecule has 0 spiro atoms. The van der Waals surface area contributed by atoms with E-state index in [1.807, 2.05) is 0 Å². The van der Waals surface area contributed by atoms with Crippen LogP contribution in [0.2, 0.25) is 0 Å². The molecule has 1 aliphatic heterocycles. The zero-order valence-corrected chi connectivity index (χ0v) is 12.5. The van der Waals surface area contributed by atoms with Gasteiger partial charge in [-0.25, -0.2) is 8.42 Å². The average Bonchev–Trinajstić information content (AvgIpc) is 2.46. The van der Waals surface area contributed by atoms with Crippen molar-refractivity contribution in [2.75, 3.05) is 20.2 Å². The second-order valence-corrected chi connectivity index (χ2v) is 6.80. The number of hydrogen-bond donors (Lipinski definition) is 2. The van der Waals surface area contributed by atoms with Gasteiger partial charge in [-0.1, -0.05) is 0 Å². The fourth-order valence-electron chi connectivity index (χ4n) is 2.27. The summed E-state index contributed by atoms with van der Waals surface area (Å²) in [6.45, 7) is 0.503. The van der Waals surface area contributed by atoms with E-state index < -0.39 is 22.0 Å². The van der Waals surface area contributed by atoms with E-state index in [4.69, 9.17) is 10.5 Å². The van der Waals surface area contributed by atoms with E-state index in [1.165, 1.54) is 29.6 Å². The molecule has 1 heterocycles. The van der Waals surface area contributed by atoms with Crippen LogP contribution in [-0.4, -0.2) is 50.0 Å². The molecular formula is C13H18N2O5S. The molecule has 0 aromatic heterocycles. The highest BCUT2D eigenvalue weighted by Gasteiger charge is 2.29. The van der Waals surface area contributed by atoms with Crippen LogP contribution in [0.3, 0.4) is 0 Å². The molecule has 1 aromatic carbocycles. The Kier molecular flexibility index (Phi) is 4.50. The molecule has 21 heavy (non-hydrogen) atoms. The Bertz CT molecular complexity index is 636. The number of primary amides is 1. The quantitative estimate of drug-likeness (QED) is 0.809. The summed E-state index contributed by atoms with van der Waals surface area (Å²) in [5.74, 6) is -0.520. The summed E-state index contributed by atoms with van der Waals surface area (Å²) in [4.78, 5) is 11.4. The lowest BCUT2D eigenvalue weighted by Gasteiger charge is -2.28. The molecule has 3 N–H and O–H groups in total. The fourth-order valence-corrected chi connectivity index (χ4v) is 3.77. The normalized spacial score (nSPS) is 17.6. The predicted octanol–water partition coefficient (Wildman–Crippen LogP) is -0.0605. The number of aliphatic hydroxyl groups excluding tert-OH is 1. The van der Waals surface area contributed by atoms with Gasteiger partial charge in [0, 0.05) is 13.1 Å². The third kappa shape index (κ3) is 3.17. The summed E-state index contributed by atoms with van der Waals surface area (Å²) in [5.41, 5.74) is 5.26. The third-order valence-corrected chi connectivity index (χ3v) is 5.39. The molecule has 1 amide bonds. The number of sulfonamides is 1. The molecule has 0 aliphatic carbocycles. The van der Waals surface area contributed by atoms with E-state index in [0.717, 1.165) is 0 Å². The van der Waals surface area contributed by atoms with Gasteiger partial charge >= 0.3 is 0 Å². The number of amides is 1. The number of carbonyl (C=O) groups is 1. The molecule has 1 aliphatic rings. The Morgan fingerprint density at radius 2 is 2.00 bits per heavy atom. The van der Waals surface area contributed by atoms with Crippen molar-refractivity contribution in [3.63, 3.8) is 0 Å². The largest absolute Gasteiger partial charge is 0.496 e. The molecule has 1 fully saturated rings. The number of hydrogen-bond acceptors (Lipinski definition) is 5. The number of rotatable bonds is 4. The van der Waals surface area contributed by atoms with Crippen LogP contribution in [0.1, 0.15) is 23.2 Å². The second kappa shape index (κ2) is 6.00. The molecular weight excluding hydrogens is 296 g/mol. The van der Waals surface area contributed by atoms with E-state index in [2.05, 4.69) is 0 Å². The van der Waals surface area contributed by atoms with E-state index in [0.29, 0.717) is 12.8 Å². The second-order valence-electron chi connectivity index (χ2n) is 4.86. The van der Waals surface area contributed by atoms with Gasteiger partial charge in [0.1, 0.15) is 5.75 Å². The van der Waals surface area contributed by atoms with Gasteiger partial charge in [0.05, 0.1) is 23.7 Å². The number of nitrogens with two attached hydrogens (primary N) is 1. The van der Waals surface area contributed by atoms with Crippen molar-refractivity contribution in [3.05, 3.63) is 23.8 Å². The van der Waals surface area contributed by atoms with Crippen molar-refractivity contribution >= 4 is 15.9 Å². The molecule has 1 aromatic rings. The first kappa shape index (κ1) is 15.7. The van der Waals surface area contributed by atoms with Crippen LogP contribution in [0, 0.1) is 0 Å². The number of benzene rings is 1. The van der Waals surface area contributed by atoms with Gasteiger partial charge < -0.3 is 15.6 Å². The van der Waals surface area contributed by atoms with Crippen LogP contribution in [0.5, 0.6) is 5.75 Å². The van der Waals surface area contributed by atoms with E-state index in [-0.39, 0.29) is 29.3 Å². The van der Waals surface area contributed by atoms with Crippen molar-refractivity contribution in [2.45, 2.75) is 23.8 Å². The van der Waals surface area contributed by atoms with Crippen molar-refractivity contribution < 1.29 is 23.1 Å². The monoisotopic (exact) mass is 314 g/mol. The molecule has 8 heteroatoms. The number of piperidine rings is 1. The number of carbonyl (C=O) groups excluding carboxylic acids is 1. The molecule has 116 valence electrons. The first-order chi connectivity index (χ1) is 9.86. The number of nitrogens with zero attached hydrogens (tertiary/aromatic N) is 1. The predicted molar refractivity (Wildman–Crippen MR) is 75.5 cm³/mol. The van der Waals surface area contributed by atoms with Crippen LogP contribution in [0.15, 0.2) is 23.1 Å². The molecule has 0 atom stereocenters. The summed E-state index contributed by atoms with van der Waals surface area (Å²) < 4.78 is 31.3. The summed E-state index contributed by atoms with van der Waals surface area (Å²) in [6, 6.07) is 4.01. The highest BCUT2D eigenvalue weighted by molar-refractivity contribution is 7.89. The Morgan fingerprint density at radius 1 is 1.38 bits per heavy atom. The van der Waals surface area contributed by atoms with E-state index in [9.17, 15) is 18.3 Å². The van der Waals surface area contributed by atoms with Gasteiger partial charge in [-0.05, 0) is 31.0 Å². The third-order valence-electron chi connectivity index (χ3n) is 3.50. The van der Waals surface area contributed by atoms with Crippen molar-refractivity contribution in [1.29, 1.82) is 0 Å². The lowest BCUT2D eigenvalue weighted by atomic mass is 10.1. The average molecular weight is 314 g/mol. The maximum atomic E-state index is 12.5. The van der Waals surface area contributed by atoms with Crippen LogP contribution in [0.25, 0.3) is 0 Å². The standard InChI is InChI=1S/C13H18N2O5S/c1-20-12-3-2-10(8-11(12)13(14)17)21(18,19)15-6-4-9(16)5-7-15/h2-3,8-9,16H,4-7H2,1H3,(H2,14,17). The maximum absolute atomic E-state index is 12.5. The van der Waals surface area contributed by atoms with Crippen molar-refractivity contribution in [2.24, 2.45) is 5.73 Å².